The number of ether oxygens (including phenoxy) is 2. The van der Waals surface area contributed by atoms with Crippen molar-refractivity contribution in [3.8, 4) is 0 Å². The van der Waals surface area contributed by atoms with Crippen LogP contribution in [0.3, 0.4) is 0 Å². The number of hydrogen-bond donors (Lipinski definition) is 3. The quantitative estimate of drug-likeness (QED) is 0.213. The summed E-state index contributed by atoms with van der Waals surface area (Å²) in [6.45, 7) is 2.60. The number of carbonyl (C=O) groups is 4. The molecule has 1 aromatic rings. The number of aldehydes is 1. The minimum absolute atomic E-state index is 0.0585. The molecule has 1 aliphatic rings. The second kappa shape index (κ2) is 12.0. The van der Waals surface area contributed by atoms with Crippen LogP contribution in [0, 0.1) is 0 Å². The van der Waals surface area contributed by atoms with Gasteiger partial charge in [-0.15, -0.1) is 0 Å². The fourth-order valence-corrected chi connectivity index (χ4v) is 3.17. The van der Waals surface area contributed by atoms with E-state index < -0.39 is 23.8 Å². The molecule has 30 heavy (non-hydrogen) atoms. The number of nitrogens with one attached hydrogen (secondary N) is 2. The fraction of sp³-hybridized carbons (Fsp3) is 0.500. The molecule has 0 aromatic heterocycles. The van der Waals surface area contributed by atoms with E-state index in [4.69, 9.17) is 15.2 Å². The molecule has 1 unspecified atom stereocenters. The van der Waals surface area contributed by atoms with Crippen LogP contribution in [0.5, 0.6) is 0 Å². The number of anilines is 1. The van der Waals surface area contributed by atoms with Crippen LogP contribution in [0.4, 0.5) is 5.69 Å². The maximum atomic E-state index is 13.0. The van der Waals surface area contributed by atoms with Gasteiger partial charge in [0.15, 0.2) is 0 Å². The van der Waals surface area contributed by atoms with Crippen molar-refractivity contribution in [3.05, 3.63) is 29.3 Å². The van der Waals surface area contributed by atoms with E-state index in [-0.39, 0.29) is 24.0 Å². The first-order chi connectivity index (χ1) is 14.6. The molecule has 3 amide bonds. The summed E-state index contributed by atoms with van der Waals surface area (Å²) in [6.07, 6.45) is 0.780. The van der Waals surface area contributed by atoms with Crippen LogP contribution < -0.4 is 16.4 Å². The second-order valence-electron chi connectivity index (χ2n) is 6.52. The Balaban J connectivity index is 2.05. The van der Waals surface area contributed by atoms with Crippen LogP contribution in [0.1, 0.15) is 33.6 Å². The normalized spacial score (nSPS) is 13.9. The van der Waals surface area contributed by atoms with Gasteiger partial charge in [0.1, 0.15) is 12.3 Å². The van der Waals surface area contributed by atoms with Crippen molar-refractivity contribution in [2.24, 2.45) is 5.73 Å². The van der Waals surface area contributed by atoms with E-state index in [9.17, 15) is 19.2 Å². The number of benzene rings is 1. The average molecular weight is 420 g/mol. The summed E-state index contributed by atoms with van der Waals surface area (Å²) in [4.78, 5) is 49.8. The predicted octanol–water partition coefficient (Wildman–Crippen LogP) is -0.220. The summed E-state index contributed by atoms with van der Waals surface area (Å²) < 4.78 is 10.7. The molecule has 1 aliphatic heterocycles. The Hall–Kier alpha value is -2.82. The van der Waals surface area contributed by atoms with Gasteiger partial charge in [0.2, 0.25) is 5.91 Å². The fourth-order valence-electron chi connectivity index (χ4n) is 3.17. The van der Waals surface area contributed by atoms with Gasteiger partial charge in [0.25, 0.3) is 11.8 Å². The van der Waals surface area contributed by atoms with Crippen molar-refractivity contribution in [1.29, 1.82) is 0 Å². The molecule has 0 bridgehead atoms. The lowest BCUT2D eigenvalue weighted by Gasteiger charge is -2.24. The number of nitrogens with two attached hydrogens (primary N) is 1. The van der Waals surface area contributed by atoms with Crippen LogP contribution in [0.15, 0.2) is 18.2 Å². The maximum Gasteiger partial charge on any atom is 0.264 e. The molecule has 0 radical (unpaired) electrons. The molecule has 2 rings (SSSR count). The summed E-state index contributed by atoms with van der Waals surface area (Å²) in [5.41, 5.74) is 6.26. The Morgan fingerprint density at radius 2 is 1.90 bits per heavy atom. The molecule has 4 N–H and O–H groups in total. The molecule has 0 saturated carbocycles. The zero-order chi connectivity index (χ0) is 21.9. The van der Waals surface area contributed by atoms with E-state index in [1.54, 1.807) is 18.2 Å². The summed E-state index contributed by atoms with van der Waals surface area (Å²) in [7, 11) is 1.42. The molecule has 1 heterocycles. The second-order valence-corrected chi connectivity index (χ2v) is 6.52. The number of imide groups is 1. The highest BCUT2D eigenvalue weighted by atomic mass is 16.5. The molecule has 0 aliphatic carbocycles. The topological polar surface area (TPSA) is 140 Å². The summed E-state index contributed by atoms with van der Waals surface area (Å²) in [6, 6.07) is 3.86. The van der Waals surface area contributed by atoms with E-state index in [2.05, 4.69) is 10.6 Å². The van der Waals surface area contributed by atoms with Crippen LogP contribution in [-0.4, -0.2) is 81.5 Å². The molecule has 10 heteroatoms. The molecular weight excluding hydrogens is 392 g/mol. The summed E-state index contributed by atoms with van der Waals surface area (Å²) in [5.74, 6) is -1.61. The van der Waals surface area contributed by atoms with Gasteiger partial charge in [-0.25, -0.2) is 0 Å². The largest absolute Gasteiger partial charge is 0.382 e. The van der Waals surface area contributed by atoms with Crippen molar-refractivity contribution >= 4 is 29.7 Å². The number of amides is 3. The number of hydrogen-bond acceptors (Lipinski definition) is 8. The van der Waals surface area contributed by atoms with E-state index >= 15 is 0 Å². The molecule has 1 aromatic carbocycles. The highest BCUT2D eigenvalue weighted by molar-refractivity contribution is 6.25. The summed E-state index contributed by atoms with van der Waals surface area (Å²) in [5, 5.41) is 5.55. The highest BCUT2D eigenvalue weighted by Gasteiger charge is 2.43. The number of rotatable bonds is 14. The SMILES string of the molecule is CNC(=O)C(CCC=O)N1C(=O)c2cccc(NCCOCCOCCN)c2C1=O. The lowest BCUT2D eigenvalue weighted by molar-refractivity contribution is -0.124. The van der Waals surface area contributed by atoms with E-state index in [1.165, 1.54) is 7.05 Å². The Morgan fingerprint density at radius 3 is 2.57 bits per heavy atom. The van der Waals surface area contributed by atoms with E-state index in [0.29, 0.717) is 51.5 Å². The number of fused-ring (bicyclic) bond motifs is 1. The Bertz CT molecular complexity index is 770. The lowest BCUT2D eigenvalue weighted by Crippen LogP contribution is -2.48. The van der Waals surface area contributed by atoms with Gasteiger partial charge in [0.05, 0.1) is 37.6 Å². The monoisotopic (exact) mass is 420 g/mol. The van der Waals surface area contributed by atoms with Gasteiger partial charge >= 0.3 is 0 Å². The van der Waals surface area contributed by atoms with Crippen LogP contribution >= 0.6 is 0 Å². The van der Waals surface area contributed by atoms with Crippen molar-refractivity contribution in [1.82, 2.24) is 10.2 Å². The molecule has 10 nitrogen and oxygen atoms in total. The lowest BCUT2D eigenvalue weighted by atomic mass is 10.1. The number of nitrogens with zero attached hydrogens (tertiary/aromatic N) is 1. The highest BCUT2D eigenvalue weighted by Crippen LogP contribution is 2.31. The van der Waals surface area contributed by atoms with Crippen LogP contribution in [0.25, 0.3) is 0 Å². The van der Waals surface area contributed by atoms with E-state index in [1.807, 2.05) is 0 Å². The molecular formula is C20H28N4O6. The van der Waals surface area contributed by atoms with Crippen LogP contribution in [0.2, 0.25) is 0 Å². The maximum absolute atomic E-state index is 13.0. The Labute approximate surface area is 175 Å². The Kier molecular flexibility index (Phi) is 9.39. The van der Waals surface area contributed by atoms with Crippen molar-refractivity contribution in [3.63, 3.8) is 0 Å². The molecule has 0 spiro atoms. The minimum atomic E-state index is -1.04. The molecule has 1 atom stereocenters. The predicted molar refractivity (Wildman–Crippen MR) is 109 cm³/mol. The summed E-state index contributed by atoms with van der Waals surface area (Å²) >= 11 is 0. The van der Waals surface area contributed by atoms with Crippen molar-refractivity contribution in [2.45, 2.75) is 18.9 Å². The van der Waals surface area contributed by atoms with E-state index in [0.717, 1.165) is 4.90 Å². The smallest absolute Gasteiger partial charge is 0.264 e. The van der Waals surface area contributed by atoms with Crippen molar-refractivity contribution in [2.75, 3.05) is 51.9 Å². The van der Waals surface area contributed by atoms with Crippen molar-refractivity contribution < 1.29 is 28.7 Å². The third-order valence-electron chi connectivity index (χ3n) is 4.56. The first kappa shape index (κ1) is 23.5. The van der Waals surface area contributed by atoms with Gasteiger partial charge in [-0.3, -0.25) is 19.3 Å². The molecule has 164 valence electrons. The first-order valence-corrected chi connectivity index (χ1v) is 9.82. The third kappa shape index (κ3) is 5.62. The zero-order valence-corrected chi connectivity index (χ0v) is 17.0. The number of likely N-dealkylation sites (N-methyl/N-ethyl adjacent to an activating group) is 1. The molecule has 0 saturated heterocycles. The third-order valence-corrected chi connectivity index (χ3v) is 4.56. The van der Waals surface area contributed by atoms with Gasteiger partial charge in [-0.2, -0.15) is 0 Å². The number of carbonyl (C=O) groups excluding carboxylic acids is 4. The minimum Gasteiger partial charge on any atom is -0.382 e. The Morgan fingerprint density at radius 1 is 1.17 bits per heavy atom. The standard InChI is InChI=1S/C20H28N4O6/c1-22-18(26)16(6-3-9-25)24-19(27)14-4-2-5-15(17(14)20(24)28)23-8-11-30-13-12-29-10-7-21/h2,4-5,9,16,23H,3,6-8,10-13,21H2,1H3,(H,22,26). The van der Waals surface area contributed by atoms with Gasteiger partial charge in [-0.05, 0) is 18.6 Å². The zero-order valence-electron chi connectivity index (χ0n) is 17.0. The van der Waals surface area contributed by atoms with Gasteiger partial charge in [-0.1, -0.05) is 6.07 Å². The molecule has 0 fully saturated rings. The van der Waals surface area contributed by atoms with Gasteiger partial charge < -0.3 is 30.6 Å². The van der Waals surface area contributed by atoms with Crippen LogP contribution in [-0.2, 0) is 19.1 Å². The van der Waals surface area contributed by atoms with Gasteiger partial charge in [0, 0.05) is 32.2 Å². The first-order valence-electron chi connectivity index (χ1n) is 9.82. The average Bonchev–Trinajstić information content (AvgIpc) is 3.01.